The second-order valence-corrected chi connectivity index (χ2v) is 5.48. The summed E-state index contributed by atoms with van der Waals surface area (Å²) in [6, 6.07) is 8.82. The molecule has 0 amide bonds. The minimum absolute atomic E-state index is 0.0147. The van der Waals surface area contributed by atoms with Crippen molar-refractivity contribution in [2.24, 2.45) is 0 Å². The lowest BCUT2D eigenvalue weighted by atomic mass is 10.0. The topological polar surface area (TPSA) is 65.3 Å². The van der Waals surface area contributed by atoms with Gasteiger partial charge in [-0.05, 0) is 39.5 Å². The van der Waals surface area contributed by atoms with Crippen LogP contribution in [0.4, 0.5) is 5.69 Å². The van der Waals surface area contributed by atoms with E-state index in [4.69, 9.17) is 4.74 Å². The second kappa shape index (κ2) is 6.00. The van der Waals surface area contributed by atoms with Crippen molar-refractivity contribution in [3.8, 4) is 11.6 Å². The van der Waals surface area contributed by atoms with Gasteiger partial charge in [-0.15, -0.1) is 0 Å². The highest BCUT2D eigenvalue weighted by Crippen LogP contribution is 2.32. The lowest BCUT2D eigenvalue weighted by molar-refractivity contribution is -0.386. The van der Waals surface area contributed by atoms with Gasteiger partial charge in [0.2, 0.25) is 0 Å². The average Bonchev–Trinajstić information content (AvgIpc) is 2.41. The summed E-state index contributed by atoms with van der Waals surface area (Å²) in [4.78, 5) is 14.4. The average molecular weight is 337 g/mol. The largest absolute Gasteiger partial charge is 0.434 e. The molecule has 0 saturated heterocycles. The zero-order chi connectivity index (χ0) is 14.7. The molecule has 20 heavy (non-hydrogen) atoms. The van der Waals surface area contributed by atoms with Crippen LogP contribution in [0.3, 0.4) is 0 Å². The lowest BCUT2D eigenvalue weighted by Gasteiger charge is -2.09. The lowest BCUT2D eigenvalue weighted by Crippen LogP contribution is -1.96. The maximum atomic E-state index is 11.0. The fourth-order valence-electron chi connectivity index (χ4n) is 1.67. The quantitative estimate of drug-likeness (QED) is 0.601. The van der Waals surface area contributed by atoms with E-state index in [0.29, 0.717) is 16.1 Å². The number of hydrogen-bond donors (Lipinski definition) is 0. The Bertz CT molecular complexity index is 644. The number of hydrogen-bond acceptors (Lipinski definition) is 4. The molecule has 1 aromatic carbocycles. The minimum Gasteiger partial charge on any atom is -0.434 e. The molecule has 104 valence electrons. The standard InChI is InChI=1S/C14H13BrN2O3/c1-9(2)10-4-3-5-12(6-10)20-14-13(17(18)19)7-11(15)8-16-14/h3-9H,1-2H3. The molecule has 0 atom stereocenters. The van der Waals surface area contributed by atoms with Crippen LogP contribution in [-0.2, 0) is 0 Å². The minimum atomic E-state index is -0.514. The molecule has 1 aromatic heterocycles. The highest BCUT2D eigenvalue weighted by atomic mass is 79.9. The molecule has 0 radical (unpaired) electrons. The van der Waals surface area contributed by atoms with Crippen molar-refractivity contribution in [3.05, 3.63) is 56.7 Å². The summed E-state index contributed by atoms with van der Waals surface area (Å²) in [6.07, 6.45) is 1.47. The first kappa shape index (κ1) is 14.5. The summed E-state index contributed by atoms with van der Waals surface area (Å²) in [6.45, 7) is 4.14. The number of pyridine rings is 1. The van der Waals surface area contributed by atoms with Gasteiger partial charge >= 0.3 is 5.69 Å². The van der Waals surface area contributed by atoms with E-state index in [-0.39, 0.29) is 11.6 Å². The first-order chi connectivity index (χ1) is 9.47. The van der Waals surface area contributed by atoms with Gasteiger partial charge in [0.25, 0.3) is 5.88 Å². The number of benzene rings is 1. The van der Waals surface area contributed by atoms with Crippen LogP contribution in [-0.4, -0.2) is 9.91 Å². The number of aromatic nitrogens is 1. The highest BCUT2D eigenvalue weighted by Gasteiger charge is 2.18. The van der Waals surface area contributed by atoms with E-state index < -0.39 is 4.92 Å². The Morgan fingerprint density at radius 3 is 2.75 bits per heavy atom. The van der Waals surface area contributed by atoms with Crippen LogP contribution in [0.25, 0.3) is 0 Å². The molecular formula is C14H13BrN2O3. The van der Waals surface area contributed by atoms with E-state index in [1.54, 1.807) is 6.07 Å². The van der Waals surface area contributed by atoms with Crippen molar-refractivity contribution in [1.29, 1.82) is 0 Å². The fraction of sp³-hybridized carbons (Fsp3) is 0.214. The molecule has 1 heterocycles. The molecule has 0 aliphatic carbocycles. The van der Waals surface area contributed by atoms with Crippen LogP contribution in [0.5, 0.6) is 11.6 Å². The van der Waals surface area contributed by atoms with E-state index >= 15 is 0 Å². The number of nitro groups is 1. The van der Waals surface area contributed by atoms with Gasteiger partial charge < -0.3 is 4.74 Å². The first-order valence-electron chi connectivity index (χ1n) is 6.05. The molecule has 0 fully saturated rings. The zero-order valence-electron chi connectivity index (χ0n) is 11.0. The maximum Gasteiger partial charge on any atom is 0.332 e. The van der Waals surface area contributed by atoms with Gasteiger partial charge in [-0.1, -0.05) is 26.0 Å². The van der Waals surface area contributed by atoms with Crippen LogP contribution < -0.4 is 4.74 Å². The number of rotatable bonds is 4. The van der Waals surface area contributed by atoms with E-state index in [1.165, 1.54) is 12.3 Å². The number of nitrogens with zero attached hydrogens (tertiary/aromatic N) is 2. The van der Waals surface area contributed by atoms with Gasteiger partial charge in [0.15, 0.2) is 0 Å². The van der Waals surface area contributed by atoms with Gasteiger partial charge in [0.05, 0.1) is 4.92 Å². The van der Waals surface area contributed by atoms with Gasteiger partial charge in [-0.2, -0.15) is 0 Å². The Morgan fingerprint density at radius 2 is 2.10 bits per heavy atom. The molecule has 2 aromatic rings. The Morgan fingerprint density at radius 1 is 1.35 bits per heavy atom. The zero-order valence-corrected chi connectivity index (χ0v) is 12.6. The summed E-state index contributed by atoms with van der Waals surface area (Å²) in [7, 11) is 0. The number of halogens is 1. The molecular weight excluding hydrogens is 324 g/mol. The Hall–Kier alpha value is -1.95. The van der Waals surface area contributed by atoms with E-state index in [9.17, 15) is 10.1 Å². The first-order valence-corrected chi connectivity index (χ1v) is 6.84. The molecule has 0 N–H and O–H groups in total. The third-order valence-corrected chi connectivity index (χ3v) is 3.17. The summed E-state index contributed by atoms with van der Waals surface area (Å²) < 4.78 is 6.08. The van der Waals surface area contributed by atoms with Crippen molar-refractivity contribution < 1.29 is 9.66 Å². The monoisotopic (exact) mass is 336 g/mol. The smallest absolute Gasteiger partial charge is 0.332 e. The summed E-state index contributed by atoms with van der Waals surface area (Å²) >= 11 is 3.16. The summed E-state index contributed by atoms with van der Waals surface area (Å²) in [5, 5.41) is 11.0. The van der Waals surface area contributed by atoms with Crippen LogP contribution in [0, 0.1) is 10.1 Å². The normalized spacial score (nSPS) is 10.6. The highest BCUT2D eigenvalue weighted by molar-refractivity contribution is 9.10. The Labute approximate surface area is 124 Å². The summed E-state index contributed by atoms with van der Waals surface area (Å²) in [5.74, 6) is 0.875. The summed E-state index contributed by atoms with van der Waals surface area (Å²) in [5.41, 5.74) is 0.927. The third-order valence-electron chi connectivity index (χ3n) is 2.73. The SMILES string of the molecule is CC(C)c1cccc(Oc2ncc(Br)cc2[N+](=O)[O-])c1. The van der Waals surface area contributed by atoms with E-state index in [0.717, 1.165) is 5.56 Å². The van der Waals surface area contributed by atoms with E-state index in [1.807, 2.05) is 18.2 Å². The second-order valence-electron chi connectivity index (χ2n) is 4.56. The number of ether oxygens (including phenoxy) is 1. The van der Waals surface area contributed by atoms with Gasteiger partial charge in [-0.3, -0.25) is 10.1 Å². The van der Waals surface area contributed by atoms with Crippen LogP contribution in [0.15, 0.2) is 41.0 Å². The predicted molar refractivity (Wildman–Crippen MR) is 79.2 cm³/mol. The van der Waals surface area contributed by atoms with Crippen LogP contribution in [0.1, 0.15) is 25.3 Å². The van der Waals surface area contributed by atoms with Crippen molar-refractivity contribution in [2.45, 2.75) is 19.8 Å². The van der Waals surface area contributed by atoms with Crippen molar-refractivity contribution in [1.82, 2.24) is 4.98 Å². The third kappa shape index (κ3) is 3.33. The van der Waals surface area contributed by atoms with Gasteiger partial charge in [0.1, 0.15) is 5.75 Å². The van der Waals surface area contributed by atoms with Crippen LogP contribution in [0.2, 0.25) is 0 Å². The molecule has 6 heteroatoms. The van der Waals surface area contributed by atoms with Gasteiger partial charge in [0, 0.05) is 16.7 Å². The molecule has 0 aliphatic heterocycles. The van der Waals surface area contributed by atoms with Crippen molar-refractivity contribution in [2.75, 3.05) is 0 Å². The molecule has 0 aliphatic rings. The van der Waals surface area contributed by atoms with Crippen molar-refractivity contribution in [3.63, 3.8) is 0 Å². The predicted octanol–water partition coefficient (Wildman–Crippen LogP) is 4.67. The molecule has 5 nitrogen and oxygen atoms in total. The fourth-order valence-corrected chi connectivity index (χ4v) is 1.99. The molecule has 0 spiro atoms. The molecule has 0 saturated carbocycles. The van der Waals surface area contributed by atoms with Crippen molar-refractivity contribution >= 4 is 21.6 Å². The van der Waals surface area contributed by atoms with Crippen LogP contribution >= 0.6 is 15.9 Å². The van der Waals surface area contributed by atoms with Gasteiger partial charge in [-0.25, -0.2) is 4.98 Å². The molecule has 0 unspecified atom stereocenters. The maximum absolute atomic E-state index is 11.0. The molecule has 0 bridgehead atoms. The Kier molecular flexibility index (Phi) is 4.34. The molecule has 2 rings (SSSR count). The van der Waals surface area contributed by atoms with E-state index in [2.05, 4.69) is 34.8 Å². The Balaban J connectivity index is 2.35.